The summed E-state index contributed by atoms with van der Waals surface area (Å²) in [5.74, 6) is 0.326. The highest BCUT2D eigenvalue weighted by Gasteiger charge is 2.31. The molecule has 23 heavy (non-hydrogen) atoms. The number of carbonyl (C=O) groups excluding carboxylic acids is 1. The van der Waals surface area contributed by atoms with Crippen molar-refractivity contribution in [2.45, 2.75) is 51.2 Å². The van der Waals surface area contributed by atoms with Gasteiger partial charge in [-0.2, -0.15) is 0 Å². The van der Waals surface area contributed by atoms with Gasteiger partial charge in [0.05, 0.1) is 6.10 Å². The summed E-state index contributed by atoms with van der Waals surface area (Å²) in [4.78, 5) is 18.4. The lowest BCUT2D eigenvalue weighted by Crippen LogP contribution is -2.46. The number of likely N-dealkylation sites (tertiary alicyclic amines) is 2. The summed E-state index contributed by atoms with van der Waals surface area (Å²) >= 11 is 1.77. The quantitative estimate of drug-likeness (QED) is 0.829. The smallest absolute Gasteiger partial charge is 0.222 e. The van der Waals surface area contributed by atoms with Crippen LogP contribution >= 0.6 is 11.3 Å². The van der Waals surface area contributed by atoms with Gasteiger partial charge in [-0.15, -0.1) is 11.3 Å². The number of nitrogens with zero attached hydrogens (tertiary/aromatic N) is 2. The number of aryl methyl sites for hydroxylation is 2. The summed E-state index contributed by atoms with van der Waals surface area (Å²) in [6, 6.07) is 2.78. The standard InChI is InChI=1S/C18H28N2O2S/c1-14-8-12-23-17(14)3-4-18(21)19-9-5-15(6-10-19)20-11-7-16(13-20)22-2/h8,12,15-16H,3-7,9-11,13H2,1-2H3. The highest BCUT2D eigenvalue weighted by atomic mass is 32.1. The maximum absolute atomic E-state index is 12.4. The molecule has 3 heterocycles. The lowest BCUT2D eigenvalue weighted by molar-refractivity contribution is -0.132. The van der Waals surface area contributed by atoms with Crippen LogP contribution in [0.3, 0.4) is 0 Å². The van der Waals surface area contributed by atoms with Crippen LogP contribution < -0.4 is 0 Å². The molecule has 0 aliphatic carbocycles. The van der Waals surface area contributed by atoms with Gasteiger partial charge < -0.3 is 9.64 Å². The maximum Gasteiger partial charge on any atom is 0.222 e. The zero-order chi connectivity index (χ0) is 16.2. The van der Waals surface area contributed by atoms with Crippen molar-refractivity contribution in [2.24, 2.45) is 0 Å². The van der Waals surface area contributed by atoms with E-state index in [0.29, 0.717) is 24.5 Å². The third-order valence-corrected chi connectivity index (χ3v) is 6.46. The number of thiophene rings is 1. The molecular formula is C18H28N2O2S. The topological polar surface area (TPSA) is 32.8 Å². The molecule has 5 heteroatoms. The number of carbonyl (C=O) groups is 1. The molecule has 128 valence electrons. The van der Waals surface area contributed by atoms with Crippen molar-refractivity contribution < 1.29 is 9.53 Å². The molecule has 0 bridgehead atoms. The number of amides is 1. The van der Waals surface area contributed by atoms with E-state index < -0.39 is 0 Å². The van der Waals surface area contributed by atoms with Gasteiger partial charge in [0, 0.05) is 50.6 Å². The second kappa shape index (κ2) is 7.77. The Morgan fingerprint density at radius 3 is 2.70 bits per heavy atom. The monoisotopic (exact) mass is 336 g/mol. The summed E-state index contributed by atoms with van der Waals surface area (Å²) in [5, 5.41) is 2.12. The number of methoxy groups -OCH3 is 1. The van der Waals surface area contributed by atoms with Gasteiger partial charge in [0.2, 0.25) is 5.91 Å². The Morgan fingerprint density at radius 2 is 2.09 bits per heavy atom. The number of hydrogen-bond donors (Lipinski definition) is 0. The van der Waals surface area contributed by atoms with E-state index in [1.165, 1.54) is 10.4 Å². The Labute approximate surface area is 143 Å². The first kappa shape index (κ1) is 16.9. The molecule has 2 saturated heterocycles. The van der Waals surface area contributed by atoms with Crippen LogP contribution in [0.2, 0.25) is 0 Å². The predicted molar refractivity (Wildman–Crippen MR) is 94.0 cm³/mol. The zero-order valence-corrected chi connectivity index (χ0v) is 15.1. The van der Waals surface area contributed by atoms with Gasteiger partial charge in [0.15, 0.2) is 0 Å². The van der Waals surface area contributed by atoms with Crippen molar-refractivity contribution >= 4 is 17.2 Å². The highest BCUT2D eigenvalue weighted by molar-refractivity contribution is 7.10. The SMILES string of the molecule is COC1CCN(C2CCN(C(=O)CCc3sccc3C)CC2)C1. The summed E-state index contributed by atoms with van der Waals surface area (Å²) in [5.41, 5.74) is 1.32. The summed E-state index contributed by atoms with van der Waals surface area (Å²) in [6.07, 6.45) is 5.32. The molecule has 2 aliphatic rings. The lowest BCUT2D eigenvalue weighted by Gasteiger charge is -2.36. The van der Waals surface area contributed by atoms with Crippen molar-refractivity contribution in [2.75, 3.05) is 33.3 Å². The molecule has 0 radical (unpaired) electrons. The second-order valence-electron chi connectivity index (χ2n) is 6.78. The number of piperidine rings is 1. The van der Waals surface area contributed by atoms with Gasteiger partial charge in [0.25, 0.3) is 0 Å². The van der Waals surface area contributed by atoms with Crippen LogP contribution in [0.1, 0.15) is 36.1 Å². The number of hydrogen-bond acceptors (Lipinski definition) is 4. The lowest BCUT2D eigenvalue weighted by atomic mass is 10.0. The molecule has 0 N–H and O–H groups in total. The van der Waals surface area contributed by atoms with E-state index in [4.69, 9.17) is 4.74 Å². The Balaban J connectivity index is 1.42. The normalized spacial score (nSPS) is 23.6. The Kier molecular flexibility index (Phi) is 5.72. The minimum atomic E-state index is 0.326. The van der Waals surface area contributed by atoms with Crippen molar-refractivity contribution in [3.05, 3.63) is 21.9 Å². The largest absolute Gasteiger partial charge is 0.380 e. The average molecular weight is 337 g/mol. The molecule has 0 spiro atoms. The molecule has 3 rings (SSSR count). The molecule has 1 atom stereocenters. The number of rotatable bonds is 5. The van der Waals surface area contributed by atoms with Crippen molar-refractivity contribution in [1.29, 1.82) is 0 Å². The molecule has 2 aliphatic heterocycles. The van der Waals surface area contributed by atoms with Crippen LogP contribution in [0, 0.1) is 6.92 Å². The molecule has 1 aromatic rings. The molecule has 1 unspecified atom stereocenters. The van der Waals surface area contributed by atoms with Gasteiger partial charge in [-0.05, 0) is 49.6 Å². The first-order valence-electron chi connectivity index (χ1n) is 8.75. The first-order valence-corrected chi connectivity index (χ1v) is 9.63. The second-order valence-corrected chi connectivity index (χ2v) is 7.78. The van der Waals surface area contributed by atoms with E-state index in [-0.39, 0.29) is 0 Å². The van der Waals surface area contributed by atoms with Gasteiger partial charge >= 0.3 is 0 Å². The summed E-state index contributed by atoms with van der Waals surface area (Å²) < 4.78 is 5.46. The first-order chi connectivity index (χ1) is 11.2. The molecule has 1 amide bonds. The summed E-state index contributed by atoms with van der Waals surface area (Å²) in [7, 11) is 1.81. The van der Waals surface area contributed by atoms with E-state index >= 15 is 0 Å². The van der Waals surface area contributed by atoms with E-state index in [9.17, 15) is 4.79 Å². The fraction of sp³-hybridized carbons (Fsp3) is 0.722. The molecule has 2 fully saturated rings. The minimum Gasteiger partial charge on any atom is -0.380 e. The van der Waals surface area contributed by atoms with E-state index in [1.807, 2.05) is 7.11 Å². The van der Waals surface area contributed by atoms with E-state index in [2.05, 4.69) is 28.2 Å². The van der Waals surface area contributed by atoms with Crippen LogP contribution in [0.4, 0.5) is 0 Å². The molecular weight excluding hydrogens is 308 g/mol. The van der Waals surface area contributed by atoms with Crippen LogP contribution in [0.5, 0.6) is 0 Å². The number of ether oxygens (including phenoxy) is 1. The van der Waals surface area contributed by atoms with Crippen molar-refractivity contribution in [1.82, 2.24) is 9.80 Å². The Bertz CT molecular complexity index is 523. The van der Waals surface area contributed by atoms with Crippen molar-refractivity contribution in [3.63, 3.8) is 0 Å². The summed E-state index contributed by atoms with van der Waals surface area (Å²) in [6.45, 7) is 6.18. The highest BCUT2D eigenvalue weighted by Crippen LogP contribution is 2.23. The van der Waals surface area contributed by atoms with Crippen molar-refractivity contribution in [3.8, 4) is 0 Å². The molecule has 0 aromatic carbocycles. The minimum absolute atomic E-state index is 0.326. The molecule has 4 nitrogen and oxygen atoms in total. The average Bonchev–Trinajstić information content (AvgIpc) is 3.21. The van der Waals surface area contributed by atoms with Gasteiger partial charge in [-0.25, -0.2) is 0 Å². The third kappa shape index (κ3) is 4.14. The Morgan fingerprint density at radius 1 is 1.30 bits per heavy atom. The zero-order valence-electron chi connectivity index (χ0n) is 14.3. The molecule has 1 aromatic heterocycles. The Hall–Kier alpha value is -0.910. The van der Waals surface area contributed by atoms with E-state index in [0.717, 1.165) is 51.9 Å². The van der Waals surface area contributed by atoms with E-state index in [1.54, 1.807) is 11.3 Å². The van der Waals surface area contributed by atoms with Gasteiger partial charge in [-0.3, -0.25) is 9.69 Å². The fourth-order valence-corrected chi connectivity index (χ4v) is 4.71. The van der Waals surface area contributed by atoms with Gasteiger partial charge in [-0.1, -0.05) is 0 Å². The van der Waals surface area contributed by atoms with Gasteiger partial charge in [0.1, 0.15) is 0 Å². The third-order valence-electron chi connectivity index (χ3n) is 5.38. The fourth-order valence-electron chi connectivity index (χ4n) is 3.80. The van der Waals surface area contributed by atoms with Crippen LogP contribution in [0.15, 0.2) is 11.4 Å². The maximum atomic E-state index is 12.4. The van der Waals surface area contributed by atoms with Crippen LogP contribution in [-0.2, 0) is 16.0 Å². The van der Waals surface area contributed by atoms with Crippen LogP contribution in [0.25, 0.3) is 0 Å². The van der Waals surface area contributed by atoms with Crippen LogP contribution in [-0.4, -0.2) is 61.1 Å². The predicted octanol–water partition coefficient (Wildman–Crippen LogP) is 2.70. The molecule has 0 saturated carbocycles.